The molecular weight excluding hydrogens is 445 g/mol. The van der Waals surface area contributed by atoms with Crippen molar-refractivity contribution in [3.63, 3.8) is 0 Å². The SMILES string of the molecule is CNC(=O)n1ccc2cc(Nc3ccnc4cc(C(=O)N5CC(F)C(OC)C5)sc34)ccc21. The van der Waals surface area contributed by atoms with Crippen LogP contribution in [0.25, 0.3) is 21.1 Å². The Morgan fingerprint density at radius 1 is 1.21 bits per heavy atom. The number of rotatable bonds is 4. The van der Waals surface area contributed by atoms with E-state index in [-0.39, 0.29) is 25.0 Å². The Balaban J connectivity index is 1.42. The molecule has 2 unspecified atom stereocenters. The minimum Gasteiger partial charge on any atom is -0.377 e. The third-order valence-electron chi connectivity index (χ3n) is 5.81. The quantitative estimate of drug-likeness (QED) is 0.474. The molecule has 33 heavy (non-hydrogen) atoms. The van der Waals surface area contributed by atoms with Crippen molar-refractivity contribution >= 4 is 55.8 Å². The molecule has 10 heteroatoms. The van der Waals surface area contributed by atoms with Gasteiger partial charge in [-0.05, 0) is 36.4 Å². The van der Waals surface area contributed by atoms with Gasteiger partial charge in [-0.25, -0.2) is 9.18 Å². The molecule has 2 N–H and O–H groups in total. The summed E-state index contributed by atoms with van der Waals surface area (Å²) in [7, 11) is 3.05. The van der Waals surface area contributed by atoms with Crippen molar-refractivity contribution in [2.75, 3.05) is 32.6 Å². The first kappa shape index (κ1) is 21.4. The maximum absolute atomic E-state index is 14.0. The zero-order valence-corrected chi connectivity index (χ0v) is 18.9. The Morgan fingerprint density at radius 2 is 2.06 bits per heavy atom. The van der Waals surface area contributed by atoms with Crippen LogP contribution in [-0.4, -0.2) is 65.9 Å². The van der Waals surface area contributed by atoms with Gasteiger partial charge < -0.3 is 20.3 Å². The highest BCUT2D eigenvalue weighted by Gasteiger charge is 2.36. The molecule has 2 amide bonds. The number of benzene rings is 1. The number of nitrogens with one attached hydrogen (secondary N) is 2. The highest BCUT2D eigenvalue weighted by atomic mass is 32.1. The van der Waals surface area contributed by atoms with Crippen LogP contribution in [0.1, 0.15) is 9.67 Å². The van der Waals surface area contributed by atoms with Gasteiger partial charge in [-0.1, -0.05) is 0 Å². The average Bonchev–Trinajstić information content (AvgIpc) is 3.54. The summed E-state index contributed by atoms with van der Waals surface area (Å²) in [5.41, 5.74) is 3.15. The van der Waals surface area contributed by atoms with E-state index in [0.29, 0.717) is 10.4 Å². The number of pyridine rings is 1. The smallest absolute Gasteiger partial charge is 0.325 e. The lowest BCUT2D eigenvalue weighted by Gasteiger charge is -2.14. The number of fused-ring (bicyclic) bond motifs is 2. The molecule has 0 aliphatic carbocycles. The number of ether oxygens (including phenoxy) is 1. The highest BCUT2D eigenvalue weighted by molar-refractivity contribution is 7.21. The Hall–Kier alpha value is -3.50. The second-order valence-electron chi connectivity index (χ2n) is 7.82. The Labute approximate surface area is 193 Å². The van der Waals surface area contributed by atoms with Crippen LogP contribution in [0.4, 0.5) is 20.6 Å². The number of alkyl halides is 1. The summed E-state index contributed by atoms with van der Waals surface area (Å²) in [6, 6.07) is 11.0. The van der Waals surface area contributed by atoms with Crippen molar-refractivity contribution in [3.05, 3.63) is 53.7 Å². The Bertz CT molecular complexity index is 1370. The van der Waals surface area contributed by atoms with Crippen molar-refractivity contribution in [1.29, 1.82) is 0 Å². The van der Waals surface area contributed by atoms with Crippen molar-refractivity contribution in [2.45, 2.75) is 12.3 Å². The topological polar surface area (TPSA) is 88.5 Å². The standard InChI is InChI=1S/C23H22FN5O3S/c1-25-23(31)29-8-6-13-9-14(3-4-18(13)29)27-16-5-7-26-17-10-20(33-21(16)17)22(30)28-11-15(24)19(12-28)32-2/h3-10,15,19H,11-12H2,1-2H3,(H,25,31)(H,26,27). The molecule has 8 nitrogen and oxygen atoms in total. The van der Waals surface area contributed by atoms with Crippen LogP contribution in [0, 0.1) is 0 Å². The average molecular weight is 468 g/mol. The van der Waals surface area contributed by atoms with Gasteiger partial charge in [0.25, 0.3) is 5.91 Å². The summed E-state index contributed by atoms with van der Waals surface area (Å²) >= 11 is 1.33. The van der Waals surface area contributed by atoms with Gasteiger partial charge in [0, 0.05) is 37.6 Å². The lowest BCUT2D eigenvalue weighted by Crippen LogP contribution is -2.29. The molecular formula is C23H22FN5O3S. The molecule has 170 valence electrons. The van der Waals surface area contributed by atoms with Gasteiger partial charge in [-0.2, -0.15) is 0 Å². The summed E-state index contributed by atoms with van der Waals surface area (Å²) in [6.07, 6.45) is 1.63. The zero-order chi connectivity index (χ0) is 23.1. The number of methoxy groups -OCH3 is 1. The largest absolute Gasteiger partial charge is 0.377 e. The second kappa shape index (κ2) is 8.45. The van der Waals surface area contributed by atoms with E-state index >= 15 is 0 Å². The normalized spacial score (nSPS) is 18.2. The predicted molar refractivity (Wildman–Crippen MR) is 126 cm³/mol. The number of hydrogen-bond donors (Lipinski definition) is 2. The van der Waals surface area contributed by atoms with Crippen LogP contribution < -0.4 is 10.6 Å². The molecule has 1 fully saturated rings. The summed E-state index contributed by atoms with van der Waals surface area (Å²) in [5, 5.41) is 6.93. The van der Waals surface area contributed by atoms with E-state index < -0.39 is 12.3 Å². The van der Waals surface area contributed by atoms with Crippen LogP contribution in [0.15, 0.2) is 48.8 Å². The van der Waals surface area contributed by atoms with Gasteiger partial charge in [0.05, 0.1) is 39.4 Å². The molecule has 1 aliphatic rings. The molecule has 4 heterocycles. The zero-order valence-electron chi connectivity index (χ0n) is 18.0. The van der Waals surface area contributed by atoms with Crippen molar-refractivity contribution in [1.82, 2.24) is 19.8 Å². The van der Waals surface area contributed by atoms with Crippen molar-refractivity contribution in [3.8, 4) is 0 Å². The molecule has 0 spiro atoms. The fourth-order valence-corrected chi connectivity index (χ4v) is 5.15. The third kappa shape index (κ3) is 3.81. The molecule has 1 saturated heterocycles. The van der Waals surface area contributed by atoms with Gasteiger partial charge in [-0.3, -0.25) is 14.3 Å². The lowest BCUT2D eigenvalue weighted by molar-refractivity contribution is 0.0596. The molecule has 0 radical (unpaired) electrons. The van der Waals surface area contributed by atoms with E-state index in [2.05, 4.69) is 15.6 Å². The molecule has 0 saturated carbocycles. The molecule has 1 aromatic carbocycles. The predicted octanol–water partition coefficient (Wildman–Crippen LogP) is 3.99. The van der Waals surface area contributed by atoms with Crippen LogP contribution >= 0.6 is 11.3 Å². The monoisotopic (exact) mass is 467 g/mol. The number of hydrogen-bond acceptors (Lipinski definition) is 6. The minimum atomic E-state index is -1.18. The molecule has 5 rings (SSSR count). The summed E-state index contributed by atoms with van der Waals surface area (Å²) < 4.78 is 21.6. The van der Waals surface area contributed by atoms with Crippen LogP contribution in [0.3, 0.4) is 0 Å². The first-order valence-corrected chi connectivity index (χ1v) is 11.2. The third-order valence-corrected chi connectivity index (χ3v) is 6.96. The van der Waals surface area contributed by atoms with Gasteiger partial charge in [-0.15, -0.1) is 11.3 Å². The fraction of sp³-hybridized carbons (Fsp3) is 0.261. The molecule has 1 aliphatic heterocycles. The molecule has 3 aromatic heterocycles. The minimum absolute atomic E-state index is 0.0276. The maximum atomic E-state index is 14.0. The van der Waals surface area contributed by atoms with Crippen LogP contribution in [-0.2, 0) is 4.74 Å². The number of likely N-dealkylation sites (tertiary alicyclic amines) is 1. The Morgan fingerprint density at radius 3 is 2.82 bits per heavy atom. The molecule has 4 aromatic rings. The van der Waals surface area contributed by atoms with E-state index in [1.165, 1.54) is 23.3 Å². The number of amides is 2. The number of carbonyl (C=O) groups is 2. The van der Waals surface area contributed by atoms with Crippen LogP contribution in [0.5, 0.6) is 0 Å². The molecule has 0 bridgehead atoms. The van der Waals surface area contributed by atoms with E-state index in [0.717, 1.165) is 27.0 Å². The number of nitrogens with zero attached hydrogens (tertiary/aromatic N) is 3. The summed E-state index contributed by atoms with van der Waals surface area (Å²) in [6.45, 7) is 0.263. The van der Waals surface area contributed by atoms with E-state index in [1.807, 2.05) is 30.3 Å². The lowest BCUT2D eigenvalue weighted by atomic mass is 10.2. The molecule has 2 atom stereocenters. The Kier molecular flexibility index (Phi) is 5.47. The summed E-state index contributed by atoms with van der Waals surface area (Å²) in [4.78, 5) is 31.3. The number of anilines is 2. The number of halogens is 1. The first-order chi connectivity index (χ1) is 16.0. The number of carbonyl (C=O) groups excluding carboxylic acids is 2. The van der Waals surface area contributed by atoms with E-state index in [4.69, 9.17) is 4.74 Å². The highest BCUT2D eigenvalue weighted by Crippen LogP contribution is 2.34. The maximum Gasteiger partial charge on any atom is 0.325 e. The van der Waals surface area contributed by atoms with Crippen molar-refractivity contribution < 1.29 is 18.7 Å². The van der Waals surface area contributed by atoms with Gasteiger partial charge in [0.2, 0.25) is 0 Å². The number of aromatic nitrogens is 2. The van der Waals surface area contributed by atoms with Crippen LogP contribution in [0.2, 0.25) is 0 Å². The number of thiophene rings is 1. The van der Waals surface area contributed by atoms with Crippen molar-refractivity contribution in [2.24, 2.45) is 0 Å². The summed E-state index contributed by atoms with van der Waals surface area (Å²) in [5.74, 6) is -0.219. The van der Waals surface area contributed by atoms with E-state index in [9.17, 15) is 14.0 Å². The van der Waals surface area contributed by atoms with E-state index in [1.54, 1.807) is 30.1 Å². The fourth-order valence-electron chi connectivity index (χ4n) is 4.09. The van der Waals surface area contributed by atoms with Gasteiger partial charge in [0.15, 0.2) is 0 Å². The first-order valence-electron chi connectivity index (χ1n) is 10.4. The second-order valence-corrected chi connectivity index (χ2v) is 8.88. The van der Waals surface area contributed by atoms with Gasteiger partial charge >= 0.3 is 6.03 Å². The van der Waals surface area contributed by atoms with Gasteiger partial charge in [0.1, 0.15) is 12.3 Å².